The van der Waals surface area contributed by atoms with Gasteiger partial charge in [0.05, 0.1) is 11.4 Å². The van der Waals surface area contributed by atoms with Crippen LogP contribution in [-0.2, 0) is 4.79 Å². The van der Waals surface area contributed by atoms with Crippen molar-refractivity contribution in [2.75, 3.05) is 11.1 Å². The van der Waals surface area contributed by atoms with E-state index in [0.29, 0.717) is 16.4 Å². The number of nitrogens with one attached hydrogen (secondary N) is 1. The molecule has 3 nitrogen and oxygen atoms in total. The molecule has 16 heavy (non-hydrogen) atoms. The van der Waals surface area contributed by atoms with Crippen molar-refractivity contribution in [2.24, 2.45) is 5.41 Å². The normalized spacial score (nSPS) is 11.2. The van der Waals surface area contributed by atoms with Crippen LogP contribution < -0.4 is 11.1 Å². The number of anilines is 2. The second kappa shape index (κ2) is 4.74. The number of nitrogen functional groups attached to an aromatic ring is 1. The van der Waals surface area contributed by atoms with Crippen LogP contribution in [0.25, 0.3) is 0 Å². The summed E-state index contributed by atoms with van der Waals surface area (Å²) in [6, 6.07) is 5.03. The molecule has 0 radical (unpaired) electrons. The van der Waals surface area contributed by atoms with Crippen LogP contribution >= 0.6 is 11.6 Å². The summed E-state index contributed by atoms with van der Waals surface area (Å²) in [5.74, 6) is -0.0379. The van der Waals surface area contributed by atoms with Crippen LogP contribution in [0.4, 0.5) is 11.4 Å². The maximum Gasteiger partial charge on any atom is 0.230 e. The highest BCUT2D eigenvalue weighted by atomic mass is 35.5. The first-order valence-electron chi connectivity index (χ1n) is 5.23. The van der Waals surface area contributed by atoms with Crippen LogP contribution in [0.3, 0.4) is 0 Å². The summed E-state index contributed by atoms with van der Waals surface area (Å²) >= 11 is 5.78. The zero-order valence-electron chi connectivity index (χ0n) is 9.80. The lowest BCUT2D eigenvalue weighted by atomic mass is 9.89. The van der Waals surface area contributed by atoms with Gasteiger partial charge in [0.25, 0.3) is 0 Å². The number of hydrogen-bond acceptors (Lipinski definition) is 2. The first-order chi connectivity index (χ1) is 7.36. The topological polar surface area (TPSA) is 55.1 Å². The minimum absolute atomic E-state index is 0.0379. The number of amides is 1. The van der Waals surface area contributed by atoms with Gasteiger partial charge in [-0.1, -0.05) is 32.4 Å². The quantitative estimate of drug-likeness (QED) is 0.797. The molecule has 0 unspecified atom stereocenters. The molecule has 0 aliphatic rings. The van der Waals surface area contributed by atoms with Gasteiger partial charge in [0, 0.05) is 10.4 Å². The van der Waals surface area contributed by atoms with Gasteiger partial charge in [-0.15, -0.1) is 0 Å². The highest BCUT2D eigenvalue weighted by Gasteiger charge is 2.25. The zero-order valence-corrected chi connectivity index (χ0v) is 10.6. The Hall–Kier alpha value is -1.22. The second-order valence-electron chi connectivity index (χ2n) is 4.42. The van der Waals surface area contributed by atoms with Gasteiger partial charge >= 0.3 is 0 Å². The van der Waals surface area contributed by atoms with Crippen molar-refractivity contribution in [1.82, 2.24) is 0 Å². The van der Waals surface area contributed by atoms with E-state index in [1.165, 1.54) is 0 Å². The summed E-state index contributed by atoms with van der Waals surface area (Å²) in [4.78, 5) is 11.9. The molecule has 4 heteroatoms. The molecule has 0 saturated heterocycles. The lowest BCUT2D eigenvalue weighted by molar-refractivity contribution is -0.124. The van der Waals surface area contributed by atoms with Gasteiger partial charge in [0.15, 0.2) is 0 Å². The molecule has 0 aliphatic heterocycles. The number of nitrogens with two attached hydrogens (primary N) is 1. The Balaban J connectivity index is 2.85. The second-order valence-corrected chi connectivity index (χ2v) is 4.86. The lowest BCUT2D eigenvalue weighted by Crippen LogP contribution is -2.30. The van der Waals surface area contributed by atoms with Crippen LogP contribution in [0.15, 0.2) is 18.2 Å². The Morgan fingerprint density at radius 1 is 1.50 bits per heavy atom. The van der Waals surface area contributed by atoms with E-state index < -0.39 is 5.41 Å². The first-order valence-corrected chi connectivity index (χ1v) is 5.61. The molecule has 1 aromatic carbocycles. The van der Waals surface area contributed by atoms with E-state index >= 15 is 0 Å². The van der Waals surface area contributed by atoms with Crippen LogP contribution in [0.5, 0.6) is 0 Å². The fraction of sp³-hybridized carbons (Fsp3) is 0.417. The SMILES string of the molecule is CCC(C)(C)C(=O)Nc1ccc(Cl)cc1N. The number of halogens is 1. The highest BCUT2D eigenvalue weighted by molar-refractivity contribution is 6.31. The summed E-state index contributed by atoms with van der Waals surface area (Å²) < 4.78 is 0. The monoisotopic (exact) mass is 240 g/mol. The Bertz CT molecular complexity index is 402. The van der Waals surface area contributed by atoms with Crippen molar-refractivity contribution in [3.63, 3.8) is 0 Å². The Labute approximate surface area is 101 Å². The molecule has 0 atom stereocenters. The third-order valence-electron chi connectivity index (χ3n) is 2.76. The lowest BCUT2D eigenvalue weighted by Gasteiger charge is -2.22. The third kappa shape index (κ3) is 2.89. The largest absolute Gasteiger partial charge is 0.397 e. The summed E-state index contributed by atoms with van der Waals surface area (Å²) in [5, 5.41) is 3.37. The minimum Gasteiger partial charge on any atom is -0.397 e. The van der Waals surface area contributed by atoms with Gasteiger partial charge < -0.3 is 11.1 Å². The average Bonchev–Trinajstić information content (AvgIpc) is 2.22. The summed E-state index contributed by atoms with van der Waals surface area (Å²) in [5.41, 5.74) is 6.45. The van der Waals surface area contributed by atoms with E-state index in [1.807, 2.05) is 20.8 Å². The van der Waals surface area contributed by atoms with E-state index in [0.717, 1.165) is 6.42 Å². The van der Waals surface area contributed by atoms with Gasteiger partial charge in [0.2, 0.25) is 5.91 Å². The van der Waals surface area contributed by atoms with Crippen molar-refractivity contribution in [3.8, 4) is 0 Å². The predicted octanol–water partition coefficient (Wildman–Crippen LogP) is 3.30. The summed E-state index contributed by atoms with van der Waals surface area (Å²) in [6.07, 6.45) is 0.770. The summed E-state index contributed by atoms with van der Waals surface area (Å²) in [7, 11) is 0. The molecular weight excluding hydrogens is 224 g/mol. The van der Waals surface area contributed by atoms with Crippen molar-refractivity contribution in [1.29, 1.82) is 0 Å². The van der Waals surface area contributed by atoms with Gasteiger partial charge in [-0.25, -0.2) is 0 Å². The third-order valence-corrected chi connectivity index (χ3v) is 3.00. The minimum atomic E-state index is -0.397. The molecule has 1 amide bonds. The maximum atomic E-state index is 11.9. The standard InChI is InChI=1S/C12H17ClN2O/c1-4-12(2,3)11(16)15-10-6-5-8(13)7-9(10)14/h5-7H,4,14H2,1-3H3,(H,15,16). The molecule has 0 spiro atoms. The number of carbonyl (C=O) groups excluding carboxylic acids is 1. The molecular formula is C12H17ClN2O. The molecule has 88 valence electrons. The molecule has 0 saturated carbocycles. The fourth-order valence-corrected chi connectivity index (χ4v) is 1.28. The molecule has 3 N–H and O–H groups in total. The van der Waals surface area contributed by atoms with Crippen molar-refractivity contribution >= 4 is 28.9 Å². The average molecular weight is 241 g/mol. The molecule has 0 heterocycles. The predicted molar refractivity (Wildman–Crippen MR) is 68.6 cm³/mol. The van der Waals surface area contributed by atoms with E-state index in [-0.39, 0.29) is 5.91 Å². The molecule has 1 aromatic rings. The van der Waals surface area contributed by atoms with Crippen LogP contribution in [0.2, 0.25) is 5.02 Å². The van der Waals surface area contributed by atoms with E-state index in [9.17, 15) is 4.79 Å². The molecule has 0 fully saturated rings. The number of hydrogen-bond donors (Lipinski definition) is 2. The zero-order chi connectivity index (χ0) is 12.3. The van der Waals surface area contributed by atoms with Crippen molar-refractivity contribution < 1.29 is 4.79 Å². The van der Waals surface area contributed by atoms with Crippen molar-refractivity contribution in [3.05, 3.63) is 23.2 Å². The van der Waals surface area contributed by atoms with Gasteiger partial charge in [-0.2, -0.15) is 0 Å². The van der Waals surface area contributed by atoms with E-state index in [4.69, 9.17) is 17.3 Å². The number of benzene rings is 1. The van der Waals surface area contributed by atoms with Crippen LogP contribution in [-0.4, -0.2) is 5.91 Å². The van der Waals surface area contributed by atoms with Gasteiger partial charge in [-0.05, 0) is 24.6 Å². The molecule has 0 aromatic heterocycles. The van der Waals surface area contributed by atoms with Crippen molar-refractivity contribution in [2.45, 2.75) is 27.2 Å². The van der Waals surface area contributed by atoms with Crippen LogP contribution in [0.1, 0.15) is 27.2 Å². The molecule has 0 aliphatic carbocycles. The fourth-order valence-electron chi connectivity index (χ4n) is 1.10. The van der Waals surface area contributed by atoms with Gasteiger partial charge in [-0.3, -0.25) is 4.79 Å². The molecule has 1 rings (SSSR count). The highest BCUT2D eigenvalue weighted by Crippen LogP contribution is 2.26. The number of carbonyl (C=O) groups is 1. The Morgan fingerprint density at radius 3 is 2.62 bits per heavy atom. The maximum absolute atomic E-state index is 11.9. The Morgan fingerprint density at radius 2 is 2.12 bits per heavy atom. The Kier molecular flexibility index (Phi) is 3.81. The summed E-state index contributed by atoms with van der Waals surface area (Å²) in [6.45, 7) is 5.77. The van der Waals surface area contributed by atoms with E-state index in [1.54, 1.807) is 18.2 Å². The van der Waals surface area contributed by atoms with E-state index in [2.05, 4.69) is 5.32 Å². The van der Waals surface area contributed by atoms with Crippen LogP contribution in [0, 0.1) is 5.41 Å². The van der Waals surface area contributed by atoms with Gasteiger partial charge in [0.1, 0.15) is 0 Å². The first kappa shape index (κ1) is 12.8. The smallest absolute Gasteiger partial charge is 0.230 e. The number of rotatable bonds is 3. The molecule has 0 bridgehead atoms.